The third kappa shape index (κ3) is 7.72. The van der Waals surface area contributed by atoms with Crippen molar-refractivity contribution in [3.05, 3.63) is 53.3 Å². The maximum Gasteiger partial charge on any atom is 0.191 e. The molecule has 1 aromatic carbocycles. The molecule has 0 radical (unpaired) electrons. The predicted octanol–water partition coefficient (Wildman–Crippen LogP) is 4.27. The van der Waals surface area contributed by atoms with Crippen molar-refractivity contribution >= 4 is 29.9 Å². The number of pyridine rings is 1. The number of nitrogens with one attached hydrogen (secondary N) is 2. The SMILES string of the molecule is CCOc1ccc(C(C)NC(=NC)NCCc2ccncc2C)cc1OCC.I. The van der Waals surface area contributed by atoms with E-state index in [1.165, 1.54) is 11.1 Å². The van der Waals surface area contributed by atoms with E-state index in [1.807, 2.05) is 38.4 Å². The molecule has 1 unspecified atom stereocenters. The number of aromatic nitrogens is 1. The first-order valence-electron chi connectivity index (χ1n) is 9.85. The lowest BCUT2D eigenvalue weighted by Crippen LogP contribution is -2.39. The Morgan fingerprint density at radius 1 is 1.14 bits per heavy atom. The predicted molar refractivity (Wildman–Crippen MR) is 130 cm³/mol. The molecule has 0 aliphatic heterocycles. The summed E-state index contributed by atoms with van der Waals surface area (Å²) in [5.74, 6) is 2.31. The van der Waals surface area contributed by atoms with Crippen LogP contribution in [0.25, 0.3) is 0 Å². The summed E-state index contributed by atoms with van der Waals surface area (Å²) in [7, 11) is 1.78. The number of guanidine groups is 1. The lowest BCUT2D eigenvalue weighted by Gasteiger charge is -2.20. The Labute approximate surface area is 191 Å². The highest BCUT2D eigenvalue weighted by atomic mass is 127. The zero-order valence-electron chi connectivity index (χ0n) is 18.0. The summed E-state index contributed by atoms with van der Waals surface area (Å²) in [6.45, 7) is 10.1. The highest BCUT2D eigenvalue weighted by molar-refractivity contribution is 14.0. The van der Waals surface area contributed by atoms with E-state index >= 15 is 0 Å². The molecule has 0 amide bonds. The maximum absolute atomic E-state index is 5.73. The standard InChI is InChI=1S/C22H32N4O2.HI/c1-6-27-20-9-8-19(14-21(20)28-7-2)17(4)26-22(23-5)25-13-11-18-10-12-24-15-16(18)3;/h8-10,12,14-15,17H,6-7,11,13H2,1-5H3,(H2,23,25,26);1H. The molecule has 0 fully saturated rings. The maximum atomic E-state index is 5.73. The second-order valence-corrected chi connectivity index (χ2v) is 6.49. The van der Waals surface area contributed by atoms with E-state index in [4.69, 9.17) is 9.47 Å². The molecule has 0 saturated carbocycles. The monoisotopic (exact) mass is 512 g/mol. The van der Waals surface area contributed by atoms with Crippen LogP contribution in [0.3, 0.4) is 0 Å². The average Bonchev–Trinajstić information content (AvgIpc) is 2.70. The van der Waals surface area contributed by atoms with E-state index in [9.17, 15) is 0 Å². The summed E-state index contributed by atoms with van der Waals surface area (Å²) in [6, 6.07) is 8.18. The third-order valence-corrected chi connectivity index (χ3v) is 4.47. The fraction of sp³-hybridized carbons (Fsp3) is 0.455. The fourth-order valence-corrected chi connectivity index (χ4v) is 2.92. The van der Waals surface area contributed by atoms with Gasteiger partial charge in [-0.25, -0.2) is 0 Å². The molecule has 0 aliphatic carbocycles. The molecule has 1 heterocycles. The van der Waals surface area contributed by atoms with Crippen molar-refractivity contribution in [1.82, 2.24) is 15.6 Å². The van der Waals surface area contributed by atoms with Gasteiger partial charge in [-0.1, -0.05) is 6.07 Å². The number of hydrogen-bond acceptors (Lipinski definition) is 4. The first kappa shape index (κ1) is 25.0. The van der Waals surface area contributed by atoms with Gasteiger partial charge in [0.05, 0.1) is 19.3 Å². The van der Waals surface area contributed by atoms with Crippen molar-refractivity contribution in [2.75, 3.05) is 26.8 Å². The summed E-state index contributed by atoms with van der Waals surface area (Å²) in [5, 5.41) is 6.81. The molecule has 29 heavy (non-hydrogen) atoms. The van der Waals surface area contributed by atoms with Gasteiger partial charge in [-0.15, -0.1) is 24.0 Å². The third-order valence-electron chi connectivity index (χ3n) is 4.47. The number of ether oxygens (including phenoxy) is 2. The smallest absolute Gasteiger partial charge is 0.191 e. The zero-order chi connectivity index (χ0) is 20.4. The van der Waals surface area contributed by atoms with Crippen molar-refractivity contribution < 1.29 is 9.47 Å². The van der Waals surface area contributed by atoms with Crippen LogP contribution in [0.1, 0.15) is 43.5 Å². The molecule has 0 aliphatic rings. The minimum absolute atomic E-state index is 0. The summed E-state index contributed by atoms with van der Waals surface area (Å²) in [5.41, 5.74) is 3.61. The van der Waals surface area contributed by atoms with Crippen LogP contribution < -0.4 is 20.1 Å². The summed E-state index contributed by atoms with van der Waals surface area (Å²) < 4.78 is 11.4. The molecule has 0 saturated heterocycles. The van der Waals surface area contributed by atoms with Gasteiger partial charge in [0, 0.05) is 26.0 Å². The van der Waals surface area contributed by atoms with Gasteiger partial charge in [-0.3, -0.25) is 9.98 Å². The van der Waals surface area contributed by atoms with Gasteiger partial charge in [0.1, 0.15) is 0 Å². The number of rotatable bonds is 9. The fourth-order valence-electron chi connectivity index (χ4n) is 2.92. The normalized spacial score (nSPS) is 12.0. The van der Waals surface area contributed by atoms with Crippen molar-refractivity contribution in [3.8, 4) is 11.5 Å². The lowest BCUT2D eigenvalue weighted by atomic mass is 10.1. The van der Waals surface area contributed by atoms with Crippen LogP contribution in [0.2, 0.25) is 0 Å². The highest BCUT2D eigenvalue weighted by Gasteiger charge is 2.12. The van der Waals surface area contributed by atoms with Crippen LogP contribution in [-0.2, 0) is 6.42 Å². The lowest BCUT2D eigenvalue weighted by molar-refractivity contribution is 0.287. The molecule has 2 N–H and O–H groups in total. The Kier molecular flexibility index (Phi) is 11.4. The number of hydrogen-bond donors (Lipinski definition) is 2. The number of aliphatic imine (C=N–C) groups is 1. The van der Waals surface area contributed by atoms with Crippen LogP contribution >= 0.6 is 24.0 Å². The van der Waals surface area contributed by atoms with Crippen LogP contribution in [0, 0.1) is 6.92 Å². The van der Waals surface area contributed by atoms with Gasteiger partial charge in [0.15, 0.2) is 17.5 Å². The summed E-state index contributed by atoms with van der Waals surface area (Å²) in [4.78, 5) is 8.48. The highest BCUT2D eigenvalue weighted by Crippen LogP contribution is 2.30. The first-order valence-corrected chi connectivity index (χ1v) is 9.85. The van der Waals surface area contributed by atoms with Gasteiger partial charge >= 0.3 is 0 Å². The summed E-state index contributed by atoms with van der Waals surface area (Å²) >= 11 is 0. The largest absolute Gasteiger partial charge is 0.490 e. The molecule has 7 heteroatoms. The molecule has 2 aromatic rings. The first-order chi connectivity index (χ1) is 13.6. The van der Waals surface area contributed by atoms with Crippen LogP contribution in [0.4, 0.5) is 0 Å². The molecular weight excluding hydrogens is 479 g/mol. The zero-order valence-corrected chi connectivity index (χ0v) is 20.3. The average molecular weight is 512 g/mol. The molecular formula is C22H33IN4O2. The Bertz CT molecular complexity index is 783. The second-order valence-electron chi connectivity index (χ2n) is 6.49. The Morgan fingerprint density at radius 3 is 2.52 bits per heavy atom. The van der Waals surface area contributed by atoms with E-state index < -0.39 is 0 Å². The number of nitrogens with zero attached hydrogens (tertiary/aromatic N) is 2. The van der Waals surface area contributed by atoms with Crippen molar-refractivity contribution in [2.45, 2.75) is 40.2 Å². The van der Waals surface area contributed by atoms with Gasteiger partial charge in [0.25, 0.3) is 0 Å². The van der Waals surface area contributed by atoms with Gasteiger partial charge < -0.3 is 20.1 Å². The molecule has 1 atom stereocenters. The van der Waals surface area contributed by atoms with Crippen LogP contribution in [0.5, 0.6) is 11.5 Å². The van der Waals surface area contributed by atoms with E-state index in [0.717, 1.165) is 36.0 Å². The molecule has 0 spiro atoms. The Balaban J connectivity index is 0.00000420. The Hall–Kier alpha value is -2.03. The van der Waals surface area contributed by atoms with Gasteiger partial charge in [-0.05, 0) is 69.0 Å². The number of aryl methyl sites for hydroxylation is 1. The van der Waals surface area contributed by atoms with Gasteiger partial charge in [-0.2, -0.15) is 0 Å². The van der Waals surface area contributed by atoms with E-state index in [2.05, 4.69) is 46.6 Å². The molecule has 160 valence electrons. The van der Waals surface area contributed by atoms with Crippen LogP contribution in [0.15, 0.2) is 41.7 Å². The van der Waals surface area contributed by atoms with Crippen molar-refractivity contribution in [2.24, 2.45) is 4.99 Å². The molecule has 2 rings (SSSR count). The van der Waals surface area contributed by atoms with Crippen molar-refractivity contribution in [3.63, 3.8) is 0 Å². The number of benzene rings is 1. The Morgan fingerprint density at radius 2 is 1.86 bits per heavy atom. The van der Waals surface area contributed by atoms with E-state index in [-0.39, 0.29) is 30.0 Å². The van der Waals surface area contributed by atoms with Gasteiger partial charge in [0.2, 0.25) is 0 Å². The van der Waals surface area contributed by atoms with E-state index in [1.54, 1.807) is 7.05 Å². The topological polar surface area (TPSA) is 67.8 Å². The minimum Gasteiger partial charge on any atom is -0.490 e. The van der Waals surface area contributed by atoms with E-state index in [0.29, 0.717) is 13.2 Å². The van der Waals surface area contributed by atoms with Crippen LogP contribution in [-0.4, -0.2) is 37.7 Å². The number of halogens is 1. The molecule has 1 aromatic heterocycles. The molecule has 0 bridgehead atoms. The second kappa shape index (κ2) is 13.2. The summed E-state index contributed by atoms with van der Waals surface area (Å²) in [6.07, 6.45) is 4.65. The minimum atomic E-state index is 0. The quantitative estimate of drug-likeness (QED) is 0.299. The molecule has 6 nitrogen and oxygen atoms in total. The van der Waals surface area contributed by atoms with Crippen molar-refractivity contribution in [1.29, 1.82) is 0 Å².